The molecule has 0 amide bonds. The summed E-state index contributed by atoms with van der Waals surface area (Å²) in [6.45, 7) is 1.13. The fourth-order valence-corrected chi connectivity index (χ4v) is 2.36. The van der Waals surface area contributed by atoms with Crippen molar-refractivity contribution in [3.63, 3.8) is 0 Å². The SMILES string of the molecule is CN(CC1CCC1)c1cc(Br)ccc1N. The molecule has 82 valence electrons. The predicted octanol–water partition coefficient (Wildman–Crippen LogP) is 3.27. The van der Waals surface area contributed by atoms with Gasteiger partial charge in [-0.25, -0.2) is 0 Å². The maximum Gasteiger partial charge on any atom is 0.0608 e. The second-order valence-electron chi connectivity index (χ2n) is 4.38. The molecule has 1 aliphatic carbocycles. The van der Waals surface area contributed by atoms with Crippen molar-refractivity contribution in [1.82, 2.24) is 0 Å². The molecular weight excluding hydrogens is 252 g/mol. The summed E-state index contributed by atoms with van der Waals surface area (Å²) < 4.78 is 1.09. The quantitative estimate of drug-likeness (QED) is 0.853. The van der Waals surface area contributed by atoms with Crippen LogP contribution in [0, 0.1) is 5.92 Å². The Morgan fingerprint density at radius 1 is 1.47 bits per heavy atom. The maximum absolute atomic E-state index is 5.96. The Labute approximate surface area is 99.6 Å². The zero-order valence-corrected chi connectivity index (χ0v) is 10.6. The Morgan fingerprint density at radius 2 is 2.20 bits per heavy atom. The minimum atomic E-state index is 0.861. The first-order valence-corrected chi connectivity index (χ1v) is 6.22. The van der Waals surface area contributed by atoms with Crippen LogP contribution < -0.4 is 10.6 Å². The van der Waals surface area contributed by atoms with Crippen LogP contribution in [0.4, 0.5) is 11.4 Å². The molecule has 0 aliphatic heterocycles. The molecule has 1 saturated carbocycles. The molecule has 2 rings (SSSR count). The Morgan fingerprint density at radius 3 is 2.80 bits per heavy atom. The summed E-state index contributed by atoms with van der Waals surface area (Å²) in [6, 6.07) is 6.03. The number of hydrogen-bond donors (Lipinski definition) is 1. The van der Waals surface area contributed by atoms with Gasteiger partial charge in [-0.15, -0.1) is 0 Å². The molecule has 0 spiro atoms. The molecular formula is C12H17BrN2. The number of nitrogens with zero attached hydrogens (tertiary/aromatic N) is 1. The third-order valence-electron chi connectivity index (χ3n) is 3.16. The molecule has 0 atom stereocenters. The van der Waals surface area contributed by atoms with Gasteiger partial charge in [-0.3, -0.25) is 0 Å². The van der Waals surface area contributed by atoms with Gasteiger partial charge in [0.05, 0.1) is 11.4 Å². The summed E-state index contributed by atoms with van der Waals surface area (Å²) in [5.41, 5.74) is 7.96. The predicted molar refractivity (Wildman–Crippen MR) is 69.2 cm³/mol. The van der Waals surface area contributed by atoms with Gasteiger partial charge in [-0.1, -0.05) is 22.4 Å². The number of hydrogen-bond acceptors (Lipinski definition) is 2. The highest BCUT2D eigenvalue weighted by atomic mass is 79.9. The van der Waals surface area contributed by atoms with E-state index in [2.05, 4.69) is 33.9 Å². The minimum absolute atomic E-state index is 0.861. The second-order valence-corrected chi connectivity index (χ2v) is 5.30. The highest BCUT2D eigenvalue weighted by Crippen LogP contribution is 2.31. The van der Waals surface area contributed by atoms with E-state index in [4.69, 9.17) is 5.73 Å². The molecule has 0 bridgehead atoms. The first-order chi connectivity index (χ1) is 7.16. The van der Waals surface area contributed by atoms with Crippen LogP contribution in [-0.2, 0) is 0 Å². The highest BCUT2D eigenvalue weighted by molar-refractivity contribution is 9.10. The average molecular weight is 269 g/mol. The van der Waals surface area contributed by atoms with E-state index in [0.717, 1.165) is 28.3 Å². The number of anilines is 2. The fourth-order valence-electron chi connectivity index (χ4n) is 2.01. The lowest BCUT2D eigenvalue weighted by Gasteiger charge is -2.31. The molecule has 0 saturated heterocycles. The Balaban J connectivity index is 2.09. The van der Waals surface area contributed by atoms with Crippen LogP contribution in [0.15, 0.2) is 22.7 Å². The molecule has 0 unspecified atom stereocenters. The third kappa shape index (κ3) is 2.46. The molecule has 3 heteroatoms. The zero-order valence-electron chi connectivity index (χ0n) is 9.04. The first-order valence-electron chi connectivity index (χ1n) is 5.43. The van der Waals surface area contributed by atoms with Gasteiger partial charge < -0.3 is 10.6 Å². The van der Waals surface area contributed by atoms with Crippen molar-refractivity contribution in [2.45, 2.75) is 19.3 Å². The lowest BCUT2D eigenvalue weighted by atomic mass is 9.85. The van der Waals surface area contributed by atoms with E-state index in [0.29, 0.717) is 0 Å². The summed E-state index contributed by atoms with van der Waals surface area (Å²) in [6.07, 6.45) is 4.14. The van der Waals surface area contributed by atoms with Gasteiger partial charge in [0.1, 0.15) is 0 Å². The van der Waals surface area contributed by atoms with Gasteiger partial charge in [0.15, 0.2) is 0 Å². The minimum Gasteiger partial charge on any atom is -0.397 e. The van der Waals surface area contributed by atoms with E-state index in [1.54, 1.807) is 0 Å². The standard InChI is InChI=1S/C12H17BrN2/c1-15(8-9-3-2-4-9)12-7-10(13)5-6-11(12)14/h5-7,9H,2-4,8,14H2,1H3. The van der Waals surface area contributed by atoms with Gasteiger partial charge in [0, 0.05) is 18.1 Å². The van der Waals surface area contributed by atoms with E-state index >= 15 is 0 Å². The molecule has 15 heavy (non-hydrogen) atoms. The molecule has 1 aromatic rings. The summed E-state index contributed by atoms with van der Waals surface area (Å²) >= 11 is 3.48. The van der Waals surface area contributed by atoms with Gasteiger partial charge in [-0.2, -0.15) is 0 Å². The van der Waals surface area contributed by atoms with Crippen LogP contribution in [0.5, 0.6) is 0 Å². The van der Waals surface area contributed by atoms with Crippen LogP contribution in [-0.4, -0.2) is 13.6 Å². The van der Waals surface area contributed by atoms with Crippen LogP contribution in [0.1, 0.15) is 19.3 Å². The lowest BCUT2D eigenvalue weighted by molar-refractivity contribution is 0.321. The largest absolute Gasteiger partial charge is 0.397 e. The smallest absolute Gasteiger partial charge is 0.0608 e. The van der Waals surface area contributed by atoms with Crippen LogP contribution >= 0.6 is 15.9 Å². The normalized spacial score (nSPS) is 16.1. The Kier molecular flexibility index (Phi) is 3.19. The maximum atomic E-state index is 5.96. The van der Waals surface area contributed by atoms with Crippen molar-refractivity contribution in [1.29, 1.82) is 0 Å². The third-order valence-corrected chi connectivity index (χ3v) is 3.65. The molecule has 1 aliphatic rings. The Bertz CT molecular complexity index is 347. The zero-order chi connectivity index (χ0) is 10.8. The molecule has 1 aromatic carbocycles. The number of nitrogen functional groups attached to an aromatic ring is 1. The van der Waals surface area contributed by atoms with Gasteiger partial charge in [0.25, 0.3) is 0 Å². The van der Waals surface area contributed by atoms with Crippen molar-refractivity contribution in [2.75, 3.05) is 24.2 Å². The molecule has 0 radical (unpaired) electrons. The van der Waals surface area contributed by atoms with Gasteiger partial charge in [-0.05, 0) is 37.0 Å². The molecule has 1 fully saturated rings. The molecule has 0 aromatic heterocycles. The Hall–Kier alpha value is -0.700. The van der Waals surface area contributed by atoms with Gasteiger partial charge in [0.2, 0.25) is 0 Å². The van der Waals surface area contributed by atoms with Crippen molar-refractivity contribution >= 4 is 27.3 Å². The van der Waals surface area contributed by atoms with E-state index < -0.39 is 0 Å². The summed E-state index contributed by atoms with van der Waals surface area (Å²) in [7, 11) is 2.12. The van der Waals surface area contributed by atoms with Crippen molar-refractivity contribution in [3.05, 3.63) is 22.7 Å². The monoisotopic (exact) mass is 268 g/mol. The average Bonchev–Trinajstić information content (AvgIpc) is 2.15. The summed E-state index contributed by atoms with van der Waals surface area (Å²) in [5, 5.41) is 0. The second kappa shape index (κ2) is 4.44. The van der Waals surface area contributed by atoms with E-state index in [1.807, 2.05) is 12.1 Å². The number of benzene rings is 1. The van der Waals surface area contributed by atoms with Crippen LogP contribution in [0.25, 0.3) is 0 Å². The fraction of sp³-hybridized carbons (Fsp3) is 0.500. The van der Waals surface area contributed by atoms with Gasteiger partial charge >= 0.3 is 0 Å². The molecule has 2 N–H and O–H groups in total. The molecule has 2 nitrogen and oxygen atoms in total. The van der Waals surface area contributed by atoms with Crippen LogP contribution in [0.3, 0.4) is 0 Å². The summed E-state index contributed by atoms with van der Waals surface area (Å²) in [5.74, 6) is 0.869. The number of halogens is 1. The number of rotatable bonds is 3. The highest BCUT2D eigenvalue weighted by Gasteiger charge is 2.19. The van der Waals surface area contributed by atoms with E-state index in [1.165, 1.54) is 19.3 Å². The van der Waals surface area contributed by atoms with Crippen LogP contribution in [0.2, 0.25) is 0 Å². The summed E-state index contributed by atoms with van der Waals surface area (Å²) in [4.78, 5) is 2.27. The van der Waals surface area contributed by atoms with Crippen molar-refractivity contribution in [3.8, 4) is 0 Å². The van der Waals surface area contributed by atoms with E-state index in [9.17, 15) is 0 Å². The molecule has 0 heterocycles. The van der Waals surface area contributed by atoms with Crippen molar-refractivity contribution < 1.29 is 0 Å². The van der Waals surface area contributed by atoms with Crippen molar-refractivity contribution in [2.24, 2.45) is 5.92 Å². The topological polar surface area (TPSA) is 29.3 Å². The lowest BCUT2D eigenvalue weighted by Crippen LogP contribution is -2.29. The van der Waals surface area contributed by atoms with E-state index in [-0.39, 0.29) is 0 Å². The first kappa shape index (κ1) is 10.8. The number of nitrogens with two attached hydrogens (primary N) is 1.